The second kappa shape index (κ2) is 9.56. The van der Waals surface area contributed by atoms with E-state index in [1.807, 2.05) is 31.2 Å². The van der Waals surface area contributed by atoms with Gasteiger partial charge in [0.2, 0.25) is 0 Å². The van der Waals surface area contributed by atoms with E-state index < -0.39 is 23.8 Å². The number of aryl methyl sites for hydroxylation is 1. The van der Waals surface area contributed by atoms with Crippen molar-refractivity contribution < 1.29 is 23.5 Å². The van der Waals surface area contributed by atoms with Gasteiger partial charge in [-0.15, -0.1) is 0 Å². The van der Waals surface area contributed by atoms with Crippen molar-refractivity contribution in [2.75, 3.05) is 11.9 Å². The lowest BCUT2D eigenvalue weighted by atomic mass is 10.2. The van der Waals surface area contributed by atoms with Crippen LogP contribution in [0.4, 0.5) is 10.1 Å². The van der Waals surface area contributed by atoms with Crippen molar-refractivity contribution in [3.8, 4) is 5.75 Å². The van der Waals surface area contributed by atoms with Crippen LogP contribution in [0.25, 0.3) is 0 Å². The maximum absolute atomic E-state index is 12.9. The van der Waals surface area contributed by atoms with E-state index in [0.717, 1.165) is 5.56 Å². The molecule has 0 heterocycles. The predicted molar refractivity (Wildman–Crippen MR) is 96.5 cm³/mol. The van der Waals surface area contributed by atoms with Gasteiger partial charge in [-0.05, 0) is 49.2 Å². The Hall–Kier alpha value is -2.89. The number of halogens is 1. The molecule has 5 nitrogen and oxygen atoms in total. The number of ether oxygens (including phenoxy) is 2. The summed E-state index contributed by atoms with van der Waals surface area (Å²) >= 11 is 0. The van der Waals surface area contributed by atoms with Crippen LogP contribution in [0, 0.1) is 12.7 Å². The molecule has 0 spiro atoms. The van der Waals surface area contributed by atoms with Gasteiger partial charge in [-0.2, -0.15) is 0 Å². The minimum absolute atomic E-state index is 0.0364. The van der Waals surface area contributed by atoms with Crippen LogP contribution in [0.15, 0.2) is 48.5 Å². The van der Waals surface area contributed by atoms with Crippen LogP contribution in [0.1, 0.15) is 25.3 Å². The topological polar surface area (TPSA) is 64.6 Å². The maximum Gasteiger partial charge on any atom is 0.310 e. The average Bonchev–Trinajstić information content (AvgIpc) is 2.63. The molecule has 1 amide bonds. The van der Waals surface area contributed by atoms with E-state index in [4.69, 9.17) is 9.47 Å². The standard InChI is InChI=1S/C20H22FNO4/c1-3-17(20(24)22-16-10-8-15(21)9-11-16)26-19(23)12-13-25-18-7-5-4-6-14(18)2/h4-11,17H,3,12-13H2,1-2H3,(H,22,24)/t17-/m1/s1. The second-order valence-electron chi connectivity index (χ2n) is 5.75. The quantitative estimate of drug-likeness (QED) is 0.727. The lowest BCUT2D eigenvalue weighted by Crippen LogP contribution is -2.32. The van der Waals surface area contributed by atoms with Crippen molar-refractivity contribution in [2.24, 2.45) is 0 Å². The summed E-state index contributed by atoms with van der Waals surface area (Å²) in [5.41, 5.74) is 1.42. The highest BCUT2D eigenvalue weighted by Gasteiger charge is 2.21. The van der Waals surface area contributed by atoms with Gasteiger partial charge >= 0.3 is 5.97 Å². The number of para-hydroxylation sites is 1. The summed E-state index contributed by atoms with van der Waals surface area (Å²) in [6.45, 7) is 3.83. The molecule has 1 atom stereocenters. The van der Waals surface area contributed by atoms with E-state index >= 15 is 0 Å². The van der Waals surface area contributed by atoms with E-state index in [1.165, 1.54) is 24.3 Å². The first-order valence-electron chi connectivity index (χ1n) is 8.44. The molecule has 0 aliphatic carbocycles. The summed E-state index contributed by atoms with van der Waals surface area (Å²) in [6.07, 6.45) is -0.544. The average molecular weight is 359 g/mol. The Morgan fingerprint density at radius 2 is 1.81 bits per heavy atom. The number of hydrogen-bond acceptors (Lipinski definition) is 4. The molecule has 0 aromatic heterocycles. The molecule has 2 aromatic rings. The third-order valence-electron chi connectivity index (χ3n) is 3.71. The van der Waals surface area contributed by atoms with E-state index in [2.05, 4.69) is 5.32 Å². The fourth-order valence-electron chi connectivity index (χ4n) is 2.26. The highest BCUT2D eigenvalue weighted by atomic mass is 19.1. The monoisotopic (exact) mass is 359 g/mol. The van der Waals surface area contributed by atoms with Crippen LogP contribution in [0.3, 0.4) is 0 Å². The third-order valence-corrected chi connectivity index (χ3v) is 3.71. The highest BCUT2D eigenvalue weighted by molar-refractivity contribution is 5.95. The largest absolute Gasteiger partial charge is 0.493 e. The van der Waals surface area contributed by atoms with Crippen LogP contribution in [-0.4, -0.2) is 24.6 Å². The van der Waals surface area contributed by atoms with Gasteiger partial charge in [0.1, 0.15) is 11.6 Å². The fourth-order valence-corrected chi connectivity index (χ4v) is 2.26. The smallest absolute Gasteiger partial charge is 0.310 e. The number of nitrogens with one attached hydrogen (secondary N) is 1. The van der Waals surface area contributed by atoms with Gasteiger partial charge in [-0.25, -0.2) is 4.39 Å². The van der Waals surface area contributed by atoms with Gasteiger partial charge in [0, 0.05) is 5.69 Å². The predicted octanol–water partition coefficient (Wildman–Crippen LogP) is 3.86. The first-order chi connectivity index (χ1) is 12.5. The Labute approximate surface area is 152 Å². The van der Waals surface area contributed by atoms with Gasteiger partial charge in [0.05, 0.1) is 13.0 Å². The highest BCUT2D eigenvalue weighted by Crippen LogP contribution is 2.16. The molecule has 6 heteroatoms. The molecule has 0 aliphatic rings. The normalized spacial score (nSPS) is 11.5. The molecule has 0 unspecified atom stereocenters. The molecule has 0 aliphatic heterocycles. The molecule has 1 N–H and O–H groups in total. The maximum atomic E-state index is 12.9. The van der Waals surface area contributed by atoms with Gasteiger partial charge in [0.15, 0.2) is 6.10 Å². The molecule has 0 bridgehead atoms. The number of carbonyl (C=O) groups is 2. The Morgan fingerprint density at radius 3 is 2.46 bits per heavy atom. The zero-order valence-electron chi connectivity index (χ0n) is 14.8. The molecule has 2 aromatic carbocycles. The first-order valence-corrected chi connectivity index (χ1v) is 8.44. The summed E-state index contributed by atoms with van der Waals surface area (Å²) in [5.74, 6) is -0.650. The van der Waals surface area contributed by atoms with Gasteiger partial charge in [-0.3, -0.25) is 9.59 Å². The van der Waals surface area contributed by atoms with Crippen LogP contribution < -0.4 is 10.1 Å². The zero-order valence-corrected chi connectivity index (χ0v) is 14.8. The first kappa shape index (κ1) is 19.4. The number of benzene rings is 2. The van der Waals surface area contributed by atoms with Crippen LogP contribution in [-0.2, 0) is 14.3 Å². The molecular weight excluding hydrogens is 337 g/mol. The molecule has 0 fully saturated rings. The summed E-state index contributed by atoms with van der Waals surface area (Å²) in [7, 11) is 0. The summed E-state index contributed by atoms with van der Waals surface area (Å²) in [4.78, 5) is 24.1. The van der Waals surface area contributed by atoms with Crippen LogP contribution in [0.2, 0.25) is 0 Å². The molecule has 2 rings (SSSR count). The Bertz CT molecular complexity index is 746. The zero-order chi connectivity index (χ0) is 18.9. The number of anilines is 1. The molecule has 0 radical (unpaired) electrons. The number of amides is 1. The van der Waals surface area contributed by atoms with Crippen LogP contribution >= 0.6 is 0 Å². The molecule has 0 saturated heterocycles. The van der Waals surface area contributed by atoms with Gasteiger partial charge < -0.3 is 14.8 Å². The van der Waals surface area contributed by atoms with Gasteiger partial charge in [-0.1, -0.05) is 25.1 Å². The number of carbonyl (C=O) groups excluding carboxylic acids is 2. The molecule has 26 heavy (non-hydrogen) atoms. The van der Waals surface area contributed by atoms with E-state index in [9.17, 15) is 14.0 Å². The lowest BCUT2D eigenvalue weighted by Gasteiger charge is -2.16. The SMILES string of the molecule is CC[C@@H](OC(=O)CCOc1ccccc1C)C(=O)Nc1ccc(F)cc1. The van der Waals surface area contributed by atoms with Crippen molar-refractivity contribution in [3.63, 3.8) is 0 Å². The lowest BCUT2D eigenvalue weighted by molar-refractivity contribution is -0.154. The second-order valence-corrected chi connectivity index (χ2v) is 5.75. The van der Waals surface area contributed by atoms with Gasteiger partial charge in [0.25, 0.3) is 5.91 Å². The van der Waals surface area contributed by atoms with Crippen molar-refractivity contribution in [1.82, 2.24) is 0 Å². The Balaban J connectivity index is 1.80. The van der Waals surface area contributed by atoms with Crippen LogP contribution in [0.5, 0.6) is 5.75 Å². The third kappa shape index (κ3) is 5.88. The van der Waals surface area contributed by atoms with Crippen molar-refractivity contribution in [3.05, 3.63) is 59.9 Å². The van der Waals surface area contributed by atoms with Crippen molar-refractivity contribution in [1.29, 1.82) is 0 Å². The van der Waals surface area contributed by atoms with E-state index in [1.54, 1.807) is 6.92 Å². The number of rotatable bonds is 8. The summed E-state index contributed by atoms with van der Waals surface area (Å²) in [6, 6.07) is 12.9. The molecule has 0 saturated carbocycles. The summed E-state index contributed by atoms with van der Waals surface area (Å²) < 4.78 is 23.7. The van der Waals surface area contributed by atoms with Crippen molar-refractivity contribution in [2.45, 2.75) is 32.8 Å². The van der Waals surface area contributed by atoms with Crippen molar-refractivity contribution >= 4 is 17.6 Å². The minimum atomic E-state index is -0.911. The molecular formula is C20H22FNO4. The van der Waals surface area contributed by atoms with E-state index in [-0.39, 0.29) is 13.0 Å². The molecule has 138 valence electrons. The number of esters is 1. The fraction of sp³-hybridized carbons (Fsp3) is 0.300. The Kier molecular flexibility index (Phi) is 7.14. The van der Waals surface area contributed by atoms with E-state index in [0.29, 0.717) is 17.9 Å². The Morgan fingerprint density at radius 1 is 1.12 bits per heavy atom. The summed E-state index contributed by atoms with van der Waals surface area (Å²) in [5, 5.41) is 2.60. The minimum Gasteiger partial charge on any atom is -0.493 e. The number of hydrogen-bond donors (Lipinski definition) is 1.